The number of rotatable bonds is 9. The van der Waals surface area contributed by atoms with Crippen LogP contribution in [0.15, 0.2) is 66.9 Å². The van der Waals surface area contributed by atoms with Crippen LogP contribution in [-0.4, -0.2) is 52.4 Å². The van der Waals surface area contributed by atoms with Gasteiger partial charge in [0.15, 0.2) is 17.4 Å². The normalized spacial score (nSPS) is 12.0. The molecule has 0 saturated carbocycles. The zero-order valence-electron chi connectivity index (χ0n) is 21.9. The van der Waals surface area contributed by atoms with Crippen molar-refractivity contribution in [2.24, 2.45) is 0 Å². The van der Waals surface area contributed by atoms with E-state index < -0.39 is 17.8 Å². The number of para-hydroxylation sites is 1. The molecule has 3 aromatic carbocycles. The summed E-state index contributed by atoms with van der Waals surface area (Å²) in [5.74, 6) is -0.229. The van der Waals surface area contributed by atoms with E-state index in [9.17, 15) is 14.3 Å². The second-order valence-electron chi connectivity index (χ2n) is 9.14. The van der Waals surface area contributed by atoms with E-state index >= 15 is 0 Å². The van der Waals surface area contributed by atoms with Crippen molar-refractivity contribution < 1.29 is 23.8 Å². The number of hydrogen-bond donors (Lipinski definition) is 2. The average Bonchev–Trinajstić information content (AvgIpc) is 3.33. The molecular weight excluding hydrogens is 499 g/mol. The van der Waals surface area contributed by atoms with E-state index in [0.717, 1.165) is 23.0 Å². The number of carbonyl (C=O) groups is 1. The van der Waals surface area contributed by atoms with E-state index in [4.69, 9.17) is 9.47 Å². The van der Waals surface area contributed by atoms with Crippen molar-refractivity contribution in [1.29, 1.82) is 0 Å². The topological polar surface area (TPSA) is 98.5 Å². The number of nitrogens with zero attached hydrogens (tertiary/aromatic N) is 3. The predicted octanol–water partition coefficient (Wildman–Crippen LogP) is 4.76. The third kappa shape index (κ3) is 5.13. The maximum absolute atomic E-state index is 14.5. The molecule has 0 aliphatic heterocycles. The number of benzene rings is 3. The summed E-state index contributed by atoms with van der Waals surface area (Å²) >= 11 is 0. The molecule has 1 atom stereocenters. The molecule has 200 valence electrons. The van der Waals surface area contributed by atoms with Gasteiger partial charge in [0.2, 0.25) is 0 Å². The fraction of sp³-hybridized carbons (Fsp3) is 0.233. The first kappa shape index (κ1) is 26.1. The Kier molecular flexibility index (Phi) is 7.42. The zero-order valence-corrected chi connectivity index (χ0v) is 21.9. The van der Waals surface area contributed by atoms with E-state index in [0.29, 0.717) is 28.6 Å². The lowest BCUT2D eigenvalue weighted by Gasteiger charge is -2.17. The van der Waals surface area contributed by atoms with Crippen LogP contribution in [0.1, 0.15) is 23.0 Å². The number of amides is 1. The van der Waals surface area contributed by atoms with Crippen LogP contribution < -0.4 is 14.8 Å². The van der Waals surface area contributed by atoms with Crippen LogP contribution in [0.2, 0.25) is 0 Å². The Morgan fingerprint density at radius 1 is 1.05 bits per heavy atom. The molecule has 2 heterocycles. The number of hydrogen-bond acceptors (Lipinski definition) is 6. The second kappa shape index (κ2) is 11.1. The first-order chi connectivity index (χ1) is 18.9. The lowest BCUT2D eigenvalue weighted by Crippen LogP contribution is -2.39. The molecule has 5 aromatic rings. The van der Waals surface area contributed by atoms with E-state index in [2.05, 4.69) is 39.0 Å². The number of halogens is 1. The van der Waals surface area contributed by atoms with Gasteiger partial charge in [-0.3, -0.25) is 4.79 Å². The van der Waals surface area contributed by atoms with Crippen LogP contribution in [0.4, 0.5) is 4.39 Å². The van der Waals surface area contributed by atoms with Crippen LogP contribution in [0.3, 0.4) is 0 Å². The maximum atomic E-state index is 14.5. The summed E-state index contributed by atoms with van der Waals surface area (Å²) in [6.07, 6.45) is 2.49. The van der Waals surface area contributed by atoms with Crippen molar-refractivity contribution in [3.63, 3.8) is 0 Å². The first-order valence-electron chi connectivity index (χ1n) is 12.6. The van der Waals surface area contributed by atoms with E-state index in [1.165, 1.54) is 26.4 Å². The minimum atomic E-state index is -0.564. The number of fused-ring (bicyclic) bond motifs is 2. The highest BCUT2D eigenvalue weighted by atomic mass is 19.1. The minimum Gasteiger partial charge on any atom is -0.497 e. The van der Waals surface area contributed by atoms with Gasteiger partial charge in [-0.1, -0.05) is 18.2 Å². The predicted molar refractivity (Wildman–Crippen MR) is 148 cm³/mol. The number of aliphatic hydroxyl groups is 1. The minimum absolute atomic E-state index is 0.0949. The highest BCUT2D eigenvalue weighted by molar-refractivity contribution is 6.05. The molecule has 1 amide bonds. The Morgan fingerprint density at radius 2 is 1.87 bits per heavy atom. The molecule has 0 radical (unpaired) electrons. The fourth-order valence-corrected chi connectivity index (χ4v) is 4.77. The van der Waals surface area contributed by atoms with E-state index in [-0.39, 0.29) is 23.9 Å². The SMILES string of the molecule is CCn1cc(C[C@H](CO)NC(=O)c2nc(-c3ccc(OC)c(F)c3)nc3ccc(OC)cc23)c2ccccc21. The Hall–Kier alpha value is -4.50. The Labute approximate surface area is 225 Å². The van der Waals surface area contributed by atoms with Gasteiger partial charge in [-0.25, -0.2) is 14.4 Å². The number of nitrogens with one attached hydrogen (secondary N) is 1. The summed E-state index contributed by atoms with van der Waals surface area (Å²) < 4.78 is 27.0. The molecule has 2 N–H and O–H groups in total. The summed E-state index contributed by atoms with van der Waals surface area (Å²) in [7, 11) is 2.92. The summed E-state index contributed by atoms with van der Waals surface area (Å²) in [5, 5.41) is 14.7. The monoisotopic (exact) mass is 528 g/mol. The number of aryl methyl sites for hydroxylation is 1. The zero-order chi connectivity index (χ0) is 27.5. The quantitative estimate of drug-likeness (QED) is 0.286. The average molecular weight is 529 g/mol. The van der Waals surface area contributed by atoms with E-state index in [1.54, 1.807) is 24.3 Å². The van der Waals surface area contributed by atoms with Crippen molar-refractivity contribution in [1.82, 2.24) is 19.9 Å². The molecule has 2 aromatic heterocycles. The molecule has 0 bridgehead atoms. The van der Waals surface area contributed by atoms with Crippen LogP contribution in [0, 0.1) is 5.82 Å². The number of methoxy groups -OCH3 is 2. The van der Waals surface area contributed by atoms with Gasteiger partial charge in [-0.15, -0.1) is 0 Å². The highest BCUT2D eigenvalue weighted by Crippen LogP contribution is 2.28. The molecule has 0 aliphatic carbocycles. The molecule has 5 rings (SSSR count). The molecule has 0 saturated heterocycles. The smallest absolute Gasteiger partial charge is 0.270 e. The van der Waals surface area contributed by atoms with Crippen LogP contribution in [0.25, 0.3) is 33.2 Å². The standard InChI is InChI=1S/C30H29FN4O4/c1-4-35-16-19(22-7-5-6-8-26(22)35)13-20(17-36)32-30(37)28-23-15-21(38-2)10-11-25(23)33-29(34-28)18-9-12-27(39-3)24(31)14-18/h5-12,14-16,20,36H,4,13,17H2,1-3H3,(H,32,37)/t20-/m1/s1. The Balaban J connectivity index is 1.52. The van der Waals surface area contributed by atoms with Crippen molar-refractivity contribution in [3.8, 4) is 22.9 Å². The van der Waals surface area contributed by atoms with Crippen LogP contribution in [-0.2, 0) is 13.0 Å². The fourth-order valence-electron chi connectivity index (χ4n) is 4.77. The van der Waals surface area contributed by atoms with Crippen molar-refractivity contribution in [2.45, 2.75) is 25.9 Å². The van der Waals surface area contributed by atoms with Gasteiger partial charge in [0.1, 0.15) is 11.4 Å². The van der Waals surface area contributed by atoms with Gasteiger partial charge < -0.3 is 24.5 Å². The van der Waals surface area contributed by atoms with Crippen LogP contribution in [0.5, 0.6) is 11.5 Å². The van der Waals surface area contributed by atoms with Gasteiger partial charge in [-0.05, 0) is 61.4 Å². The third-order valence-electron chi connectivity index (χ3n) is 6.76. The molecule has 39 heavy (non-hydrogen) atoms. The molecular formula is C30H29FN4O4. The van der Waals surface area contributed by atoms with Crippen molar-refractivity contribution >= 4 is 27.7 Å². The van der Waals surface area contributed by atoms with Crippen LogP contribution >= 0.6 is 0 Å². The van der Waals surface area contributed by atoms with Gasteiger partial charge >= 0.3 is 0 Å². The lowest BCUT2D eigenvalue weighted by atomic mass is 10.0. The molecule has 0 spiro atoms. The van der Waals surface area contributed by atoms with Gasteiger partial charge in [0.05, 0.1) is 32.4 Å². The molecule has 8 nitrogen and oxygen atoms in total. The second-order valence-corrected chi connectivity index (χ2v) is 9.14. The summed E-state index contributed by atoms with van der Waals surface area (Å²) in [4.78, 5) is 22.7. The molecule has 0 fully saturated rings. The van der Waals surface area contributed by atoms with Gasteiger partial charge in [0.25, 0.3) is 5.91 Å². The molecule has 0 unspecified atom stereocenters. The van der Waals surface area contributed by atoms with E-state index in [1.807, 2.05) is 18.2 Å². The first-order valence-corrected chi connectivity index (χ1v) is 12.6. The number of aliphatic hydroxyl groups excluding tert-OH is 1. The summed E-state index contributed by atoms with van der Waals surface area (Å²) in [6.45, 7) is 2.61. The Morgan fingerprint density at radius 3 is 2.59 bits per heavy atom. The Bertz CT molecular complexity index is 1670. The number of aromatic nitrogens is 3. The highest BCUT2D eigenvalue weighted by Gasteiger charge is 2.22. The van der Waals surface area contributed by atoms with Gasteiger partial charge in [-0.2, -0.15) is 0 Å². The van der Waals surface area contributed by atoms with Gasteiger partial charge in [0, 0.05) is 34.6 Å². The summed E-state index contributed by atoms with van der Waals surface area (Å²) in [6, 6.07) is 17.0. The molecule has 9 heteroatoms. The number of ether oxygens (including phenoxy) is 2. The lowest BCUT2D eigenvalue weighted by molar-refractivity contribution is 0.0913. The summed E-state index contributed by atoms with van der Waals surface area (Å²) in [5.41, 5.74) is 3.11. The largest absolute Gasteiger partial charge is 0.497 e. The van der Waals surface area contributed by atoms with Crippen molar-refractivity contribution in [3.05, 3.63) is 83.9 Å². The maximum Gasteiger partial charge on any atom is 0.270 e. The number of carbonyl (C=O) groups excluding carboxylic acids is 1. The molecule has 0 aliphatic rings. The van der Waals surface area contributed by atoms with Crippen molar-refractivity contribution in [2.75, 3.05) is 20.8 Å². The third-order valence-corrected chi connectivity index (χ3v) is 6.76.